The summed E-state index contributed by atoms with van der Waals surface area (Å²) in [4.78, 5) is 2.38. The maximum atomic E-state index is 11.8. The van der Waals surface area contributed by atoms with Crippen LogP contribution in [-0.4, -0.2) is 42.8 Å². The van der Waals surface area contributed by atoms with Gasteiger partial charge in [-0.05, 0) is 16.5 Å². The van der Waals surface area contributed by atoms with Gasteiger partial charge in [0.25, 0.3) is 0 Å². The van der Waals surface area contributed by atoms with E-state index in [1.54, 1.807) is 7.05 Å². The summed E-state index contributed by atoms with van der Waals surface area (Å²) in [6, 6.07) is 8.90. The molecule has 1 heterocycles. The molecule has 0 saturated carbocycles. The molecule has 0 spiro atoms. The first-order valence-electron chi connectivity index (χ1n) is 7.14. The lowest BCUT2D eigenvalue weighted by Gasteiger charge is -2.45. The topological polar surface area (TPSA) is 26.3 Å². The zero-order valence-corrected chi connectivity index (χ0v) is 12.6. The van der Waals surface area contributed by atoms with Gasteiger partial charge in [0, 0.05) is 19.6 Å². The molecule has 3 heteroatoms. The van der Waals surface area contributed by atoms with Gasteiger partial charge in [0.05, 0.1) is 20.1 Å². The Morgan fingerprint density at radius 3 is 2.11 bits per heavy atom. The third kappa shape index (κ3) is 4.03. The Morgan fingerprint density at radius 1 is 1.11 bits per heavy atom. The summed E-state index contributed by atoms with van der Waals surface area (Å²) in [5, 5.41) is 11.8. The van der Waals surface area contributed by atoms with E-state index in [0.717, 1.165) is 19.6 Å². The van der Waals surface area contributed by atoms with Crippen LogP contribution in [-0.2, 0) is 12.0 Å². The second-order valence-electron chi connectivity index (χ2n) is 6.97. The van der Waals surface area contributed by atoms with E-state index < -0.39 is 0 Å². The molecule has 2 rings (SSSR count). The second kappa shape index (κ2) is 5.23. The molecular weight excluding hydrogens is 236 g/mol. The first-order chi connectivity index (χ1) is 8.76. The van der Waals surface area contributed by atoms with Gasteiger partial charge in [-0.25, -0.2) is 0 Å². The Morgan fingerprint density at radius 2 is 1.63 bits per heavy atom. The molecule has 1 aliphatic rings. The molecule has 1 fully saturated rings. The van der Waals surface area contributed by atoms with Gasteiger partial charge in [0.2, 0.25) is 0 Å². The van der Waals surface area contributed by atoms with Crippen molar-refractivity contribution in [3.05, 3.63) is 40.6 Å². The summed E-state index contributed by atoms with van der Waals surface area (Å²) in [6.07, 6.45) is 0. The molecule has 106 valence electrons. The third-order valence-electron chi connectivity index (χ3n) is 4.00. The molecular formula is C16H26N2O. The number of hydroxylamine groups is 3. The van der Waals surface area contributed by atoms with Gasteiger partial charge in [-0.1, -0.05) is 45.0 Å². The first-order valence-corrected chi connectivity index (χ1v) is 7.14. The lowest BCUT2D eigenvalue weighted by Crippen LogP contribution is -2.53. The van der Waals surface area contributed by atoms with Crippen molar-refractivity contribution in [1.82, 2.24) is 4.90 Å². The van der Waals surface area contributed by atoms with Crippen LogP contribution in [0.15, 0.2) is 24.3 Å². The quantitative estimate of drug-likeness (QED) is 0.605. The van der Waals surface area contributed by atoms with Gasteiger partial charge in [-0.2, -0.15) is 0 Å². The van der Waals surface area contributed by atoms with E-state index in [0.29, 0.717) is 13.1 Å². The molecule has 0 atom stereocenters. The van der Waals surface area contributed by atoms with Crippen molar-refractivity contribution in [3.63, 3.8) is 0 Å². The van der Waals surface area contributed by atoms with Gasteiger partial charge < -0.3 is 9.85 Å². The summed E-state index contributed by atoms with van der Waals surface area (Å²) in [5.41, 5.74) is 2.93. The molecule has 1 saturated heterocycles. The molecule has 1 aromatic carbocycles. The Balaban J connectivity index is 1.94. The van der Waals surface area contributed by atoms with E-state index >= 15 is 0 Å². The molecule has 0 aliphatic carbocycles. The first kappa shape index (κ1) is 14.5. The molecule has 0 aromatic heterocycles. The lowest BCUT2D eigenvalue weighted by molar-refractivity contribution is -0.865. The number of hydrogen-bond acceptors (Lipinski definition) is 2. The standard InChI is InChI=1S/C16H26N2O/c1-16(2,3)15-7-5-14(6-8-15)13-17-9-11-18(4,19)12-10-17/h5-8H,9-13H2,1-4H3. The molecule has 3 nitrogen and oxygen atoms in total. The van der Waals surface area contributed by atoms with Crippen LogP contribution >= 0.6 is 0 Å². The SMILES string of the molecule is CC(C)(C)c1ccc(CN2CC[N+](C)([O-])CC2)cc1. The zero-order valence-electron chi connectivity index (χ0n) is 12.6. The zero-order chi connectivity index (χ0) is 14.1. The van der Waals surface area contributed by atoms with Crippen LogP contribution in [0.5, 0.6) is 0 Å². The summed E-state index contributed by atoms with van der Waals surface area (Å²) in [6.45, 7) is 10.9. The van der Waals surface area contributed by atoms with E-state index in [9.17, 15) is 5.21 Å². The number of hydrogen-bond donors (Lipinski definition) is 0. The predicted octanol–water partition coefficient (Wildman–Crippen LogP) is 2.74. The molecule has 0 N–H and O–H groups in total. The van der Waals surface area contributed by atoms with Crippen LogP contribution in [0.4, 0.5) is 0 Å². The van der Waals surface area contributed by atoms with Crippen molar-refractivity contribution in [1.29, 1.82) is 0 Å². The highest BCUT2D eigenvalue weighted by Crippen LogP contribution is 2.22. The van der Waals surface area contributed by atoms with Crippen molar-refractivity contribution < 1.29 is 4.65 Å². The molecule has 19 heavy (non-hydrogen) atoms. The predicted molar refractivity (Wildman–Crippen MR) is 79.7 cm³/mol. The second-order valence-corrected chi connectivity index (χ2v) is 6.97. The molecule has 0 radical (unpaired) electrons. The highest BCUT2D eigenvalue weighted by molar-refractivity contribution is 5.27. The summed E-state index contributed by atoms with van der Waals surface area (Å²) >= 11 is 0. The number of likely N-dealkylation sites (N-methyl/N-ethyl adjacent to an activating group) is 1. The Kier molecular flexibility index (Phi) is 4.00. The Labute approximate surface area is 117 Å². The van der Waals surface area contributed by atoms with E-state index in [1.165, 1.54) is 11.1 Å². The van der Waals surface area contributed by atoms with Crippen LogP contribution in [0.1, 0.15) is 31.9 Å². The van der Waals surface area contributed by atoms with Gasteiger partial charge >= 0.3 is 0 Å². The fraction of sp³-hybridized carbons (Fsp3) is 0.625. The van der Waals surface area contributed by atoms with Crippen LogP contribution in [0, 0.1) is 5.21 Å². The number of nitrogens with zero attached hydrogens (tertiary/aromatic N) is 2. The van der Waals surface area contributed by atoms with Crippen molar-refractivity contribution in [3.8, 4) is 0 Å². The van der Waals surface area contributed by atoms with Crippen molar-refractivity contribution in [2.24, 2.45) is 0 Å². The lowest BCUT2D eigenvalue weighted by atomic mass is 9.87. The molecule has 0 bridgehead atoms. The van der Waals surface area contributed by atoms with Crippen molar-refractivity contribution in [2.75, 3.05) is 33.2 Å². The number of rotatable bonds is 2. The smallest absolute Gasteiger partial charge is 0.0911 e. The Bertz CT molecular complexity index is 407. The minimum Gasteiger partial charge on any atom is -0.633 e. The highest BCUT2D eigenvalue weighted by atomic mass is 16.5. The number of quaternary nitrogens is 1. The van der Waals surface area contributed by atoms with Gasteiger partial charge in [0.15, 0.2) is 0 Å². The van der Waals surface area contributed by atoms with E-state index in [4.69, 9.17) is 0 Å². The van der Waals surface area contributed by atoms with Crippen LogP contribution in [0.25, 0.3) is 0 Å². The monoisotopic (exact) mass is 262 g/mol. The number of piperazine rings is 1. The highest BCUT2D eigenvalue weighted by Gasteiger charge is 2.21. The van der Waals surface area contributed by atoms with Crippen molar-refractivity contribution in [2.45, 2.75) is 32.7 Å². The van der Waals surface area contributed by atoms with Crippen LogP contribution < -0.4 is 0 Å². The largest absolute Gasteiger partial charge is 0.633 e. The third-order valence-corrected chi connectivity index (χ3v) is 4.00. The van der Waals surface area contributed by atoms with E-state index in [1.807, 2.05) is 0 Å². The summed E-state index contributed by atoms with van der Waals surface area (Å²) in [7, 11) is 1.77. The molecule has 0 unspecified atom stereocenters. The Hall–Kier alpha value is -0.900. The fourth-order valence-electron chi connectivity index (χ4n) is 2.46. The van der Waals surface area contributed by atoms with Gasteiger partial charge in [0.1, 0.15) is 0 Å². The van der Waals surface area contributed by atoms with E-state index in [-0.39, 0.29) is 10.1 Å². The van der Waals surface area contributed by atoms with Crippen molar-refractivity contribution >= 4 is 0 Å². The normalized spacial score (nSPS) is 20.5. The summed E-state index contributed by atoms with van der Waals surface area (Å²) in [5.74, 6) is 0. The summed E-state index contributed by atoms with van der Waals surface area (Å²) < 4.78 is -0.0839. The molecule has 1 aromatic rings. The fourth-order valence-corrected chi connectivity index (χ4v) is 2.46. The average molecular weight is 262 g/mol. The minimum absolute atomic E-state index is 0.0839. The van der Waals surface area contributed by atoms with Crippen LogP contribution in [0.2, 0.25) is 0 Å². The van der Waals surface area contributed by atoms with Gasteiger partial charge in [-0.15, -0.1) is 0 Å². The van der Waals surface area contributed by atoms with Gasteiger partial charge in [-0.3, -0.25) is 4.90 Å². The minimum atomic E-state index is -0.0839. The van der Waals surface area contributed by atoms with Crippen LogP contribution in [0.3, 0.4) is 0 Å². The molecule has 0 amide bonds. The molecule has 1 aliphatic heterocycles. The maximum absolute atomic E-state index is 11.8. The average Bonchev–Trinajstić information content (AvgIpc) is 2.31. The van der Waals surface area contributed by atoms with E-state index in [2.05, 4.69) is 49.9 Å². The maximum Gasteiger partial charge on any atom is 0.0911 e. The number of benzene rings is 1.